The number of fused-ring (bicyclic) bond motifs is 1. The number of hydrogen-bond acceptors (Lipinski definition) is 5. The monoisotopic (exact) mass is 301 g/mol. The van der Waals surface area contributed by atoms with Crippen LogP contribution in [0.15, 0.2) is 6.07 Å². The number of aliphatic hydroxyl groups is 1. The van der Waals surface area contributed by atoms with E-state index in [0.717, 1.165) is 40.8 Å². The van der Waals surface area contributed by atoms with Crippen LogP contribution in [0.3, 0.4) is 0 Å². The molecule has 0 atom stereocenters. The van der Waals surface area contributed by atoms with Gasteiger partial charge in [-0.05, 0) is 44.1 Å². The molecular weight excluding hydrogens is 282 g/mol. The van der Waals surface area contributed by atoms with Crippen molar-refractivity contribution >= 4 is 21.6 Å². The van der Waals surface area contributed by atoms with Crippen molar-refractivity contribution in [2.24, 2.45) is 5.41 Å². The zero-order valence-corrected chi connectivity index (χ0v) is 13.4. The fourth-order valence-electron chi connectivity index (χ4n) is 2.93. The van der Waals surface area contributed by atoms with Gasteiger partial charge in [-0.25, -0.2) is 9.97 Å². The molecule has 5 heteroatoms. The van der Waals surface area contributed by atoms with Gasteiger partial charge in [-0.1, -0.05) is 13.8 Å². The molecule has 1 fully saturated rings. The third-order valence-corrected chi connectivity index (χ3v) is 5.72. The molecule has 0 aromatic carbocycles. The van der Waals surface area contributed by atoms with Gasteiger partial charge in [0.25, 0.3) is 0 Å². The molecule has 0 bridgehead atoms. The topological polar surface area (TPSA) is 69.8 Å². The zero-order valence-electron chi connectivity index (χ0n) is 12.6. The number of thiophene rings is 1. The second-order valence-corrected chi connectivity index (χ2v) is 7.79. The van der Waals surface area contributed by atoms with Gasteiger partial charge in [-0.3, -0.25) is 0 Å². The summed E-state index contributed by atoms with van der Waals surface area (Å²) in [5.41, 5.74) is -0.0710. The Balaban J connectivity index is 2.04. The normalized spacial score (nSPS) is 20.3. The summed E-state index contributed by atoms with van der Waals surface area (Å²) in [5.74, 6) is 0.601. The molecule has 1 aliphatic carbocycles. The Morgan fingerprint density at radius 1 is 1.24 bits per heavy atom. The average Bonchev–Trinajstić information content (AvgIpc) is 2.86. The molecule has 1 N–H and O–H groups in total. The number of aryl methyl sites for hydroxylation is 1. The van der Waals surface area contributed by atoms with E-state index in [1.807, 2.05) is 6.07 Å². The Morgan fingerprint density at radius 3 is 2.52 bits per heavy atom. The maximum Gasteiger partial charge on any atom is 0.152 e. The zero-order chi connectivity index (χ0) is 15.3. The fourth-order valence-corrected chi connectivity index (χ4v) is 4.15. The van der Waals surface area contributed by atoms with E-state index < -0.39 is 5.60 Å². The molecule has 21 heavy (non-hydrogen) atoms. The summed E-state index contributed by atoms with van der Waals surface area (Å²) in [6.45, 7) is 6.29. The second kappa shape index (κ2) is 4.75. The van der Waals surface area contributed by atoms with E-state index in [9.17, 15) is 10.4 Å². The van der Waals surface area contributed by atoms with Crippen LogP contribution in [0.25, 0.3) is 10.2 Å². The Labute approximate surface area is 128 Å². The lowest BCUT2D eigenvalue weighted by Gasteiger charge is -2.39. The van der Waals surface area contributed by atoms with Crippen LogP contribution < -0.4 is 0 Å². The summed E-state index contributed by atoms with van der Waals surface area (Å²) in [5, 5.41) is 21.0. The van der Waals surface area contributed by atoms with Gasteiger partial charge >= 0.3 is 0 Å². The van der Waals surface area contributed by atoms with E-state index in [0.29, 0.717) is 16.9 Å². The quantitative estimate of drug-likeness (QED) is 0.872. The smallest absolute Gasteiger partial charge is 0.152 e. The van der Waals surface area contributed by atoms with Crippen LogP contribution in [0.2, 0.25) is 0 Å². The van der Waals surface area contributed by atoms with Crippen LogP contribution in [0, 0.1) is 23.7 Å². The van der Waals surface area contributed by atoms with Crippen molar-refractivity contribution in [2.75, 3.05) is 0 Å². The molecule has 0 aliphatic heterocycles. The highest BCUT2D eigenvalue weighted by molar-refractivity contribution is 7.18. The molecule has 1 aliphatic rings. The number of nitriles is 1. The van der Waals surface area contributed by atoms with Crippen LogP contribution in [0.4, 0.5) is 0 Å². The lowest BCUT2D eigenvalue weighted by atomic mass is 9.70. The van der Waals surface area contributed by atoms with Crippen molar-refractivity contribution in [3.63, 3.8) is 0 Å². The van der Waals surface area contributed by atoms with Crippen LogP contribution in [0.1, 0.15) is 55.9 Å². The second-order valence-electron chi connectivity index (χ2n) is 6.76. The van der Waals surface area contributed by atoms with Crippen LogP contribution in [-0.4, -0.2) is 15.1 Å². The van der Waals surface area contributed by atoms with Crippen LogP contribution in [-0.2, 0) is 5.60 Å². The summed E-state index contributed by atoms with van der Waals surface area (Å²) in [6.07, 6.45) is 3.54. The molecule has 3 rings (SSSR count). The van der Waals surface area contributed by atoms with Gasteiger partial charge in [0, 0.05) is 10.3 Å². The lowest BCUT2D eigenvalue weighted by Crippen LogP contribution is -2.33. The van der Waals surface area contributed by atoms with Gasteiger partial charge < -0.3 is 5.11 Å². The average molecular weight is 301 g/mol. The maximum atomic E-state index is 11.0. The Kier molecular flexibility index (Phi) is 3.27. The van der Waals surface area contributed by atoms with E-state index in [1.165, 1.54) is 11.3 Å². The Hall–Kier alpha value is -1.51. The molecule has 110 valence electrons. The minimum absolute atomic E-state index is 0.303. The van der Waals surface area contributed by atoms with Gasteiger partial charge in [0.05, 0.1) is 5.60 Å². The van der Waals surface area contributed by atoms with Crippen molar-refractivity contribution < 1.29 is 5.11 Å². The molecule has 2 aromatic rings. The summed E-state index contributed by atoms with van der Waals surface area (Å²) in [6, 6.07) is 4.04. The van der Waals surface area contributed by atoms with E-state index in [-0.39, 0.29) is 0 Å². The molecule has 0 spiro atoms. The SMILES string of the molecule is Cc1nc(C#N)c2cc(C3(O)CCC(C)(C)CC3)sc2n1. The first kappa shape index (κ1) is 14.4. The number of aromatic nitrogens is 2. The van der Waals surface area contributed by atoms with E-state index in [2.05, 4.69) is 29.9 Å². The van der Waals surface area contributed by atoms with Crippen molar-refractivity contribution in [2.45, 2.75) is 52.1 Å². The first-order valence-corrected chi connectivity index (χ1v) is 8.06. The largest absolute Gasteiger partial charge is 0.384 e. The van der Waals surface area contributed by atoms with Gasteiger partial charge in [-0.15, -0.1) is 11.3 Å². The standard InChI is InChI=1S/C16H19N3OS/c1-10-18-12(9-17)11-8-13(21-14(11)19-10)16(20)6-4-15(2,3)5-7-16/h8,20H,4-7H2,1-3H3. The van der Waals surface area contributed by atoms with E-state index in [4.69, 9.17) is 0 Å². The van der Waals surface area contributed by atoms with Crippen molar-refractivity contribution in [3.8, 4) is 6.07 Å². The molecule has 2 heterocycles. The van der Waals surface area contributed by atoms with E-state index >= 15 is 0 Å². The van der Waals surface area contributed by atoms with Gasteiger partial charge in [0.1, 0.15) is 16.7 Å². The molecule has 0 unspecified atom stereocenters. The number of hydrogen-bond donors (Lipinski definition) is 1. The molecule has 0 radical (unpaired) electrons. The third-order valence-electron chi connectivity index (χ3n) is 4.50. The summed E-state index contributed by atoms with van der Waals surface area (Å²) in [7, 11) is 0. The van der Waals surface area contributed by atoms with E-state index in [1.54, 1.807) is 6.92 Å². The summed E-state index contributed by atoms with van der Waals surface area (Å²) < 4.78 is 0. The van der Waals surface area contributed by atoms with Crippen molar-refractivity contribution in [1.82, 2.24) is 9.97 Å². The minimum atomic E-state index is -0.776. The molecule has 2 aromatic heterocycles. The molecule has 0 amide bonds. The highest BCUT2D eigenvalue weighted by atomic mass is 32.1. The maximum absolute atomic E-state index is 11.0. The highest BCUT2D eigenvalue weighted by Gasteiger charge is 2.39. The predicted molar refractivity (Wildman–Crippen MR) is 83.0 cm³/mol. The summed E-state index contributed by atoms with van der Waals surface area (Å²) in [4.78, 5) is 10.3. The minimum Gasteiger partial charge on any atom is -0.384 e. The predicted octanol–water partition coefficient (Wildman–Crippen LogP) is 3.66. The van der Waals surface area contributed by atoms with Gasteiger partial charge in [0.15, 0.2) is 5.69 Å². The highest BCUT2D eigenvalue weighted by Crippen LogP contribution is 2.47. The first-order valence-electron chi connectivity index (χ1n) is 7.24. The number of nitrogens with zero attached hydrogens (tertiary/aromatic N) is 3. The number of rotatable bonds is 1. The van der Waals surface area contributed by atoms with Crippen LogP contribution >= 0.6 is 11.3 Å². The third kappa shape index (κ3) is 2.54. The van der Waals surface area contributed by atoms with Crippen molar-refractivity contribution in [1.29, 1.82) is 5.26 Å². The molecular formula is C16H19N3OS. The van der Waals surface area contributed by atoms with Gasteiger partial charge in [-0.2, -0.15) is 5.26 Å². The van der Waals surface area contributed by atoms with Gasteiger partial charge in [0.2, 0.25) is 0 Å². The molecule has 1 saturated carbocycles. The molecule has 4 nitrogen and oxygen atoms in total. The Bertz CT molecular complexity index is 732. The first-order chi connectivity index (χ1) is 9.83. The lowest BCUT2D eigenvalue weighted by molar-refractivity contribution is -0.0275. The fraction of sp³-hybridized carbons (Fsp3) is 0.562. The van der Waals surface area contributed by atoms with Crippen molar-refractivity contribution in [3.05, 3.63) is 22.5 Å². The molecule has 0 saturated heterocycles. The van der Waals surface area contributed by atoms with Crippen LogP contribution in [0.5, 0.6) is 0 Å². The summed E-state index contributed by atoms with van der Waals surface area (Å²) >= 11 is 1.49. The Morgan fingerprint density at radius 2 is 1.90 bits per heavy atom.